The summed E-state index contributed by atoms with van der Waals surface area (Å²) in [6.45, 7) is 3.93. The molecule has 23 heavy (non-hydrogen) atoms. The Hall–Kier alpha value is -3.00. The highest BCUT2D eigenvalue weighted by Crippen LogP contribution is 2.19. The van der Waals surface area contributed by atoms with E-state index in [9.17, 15) is 10.1 Å². The number of carbonyl (C=O) groups excluding carboxylic acids is 1. The summed E-state index contributed by atoms with van der Waals surface area (Å²) in [5, 5.41) is 12.0. The van der Waals surface area contributed by atoms with Crippen LogP contribution in [-0.2, 0) is 11.8 Å². The van der Waals surface area contributed by atoms with Crippen LogP contribution in [0.4, 0.5) is 5.69 Å². The number of nitriles is 1. The van der Waals surface area contributed by atoms with Gasteiger partial charge in [0.15, 0.2) is 0 Å². The van der Waals surface area contributed by atoms with E-state index < -0.39 is 5.91 Å². The number of methoxy groups -OCH3 is 1. The third-order valence-electron chi connectivity index (χ3n) is 3.81. The second-order valence-electron chi connectivity index (χ2n) is 5.24. The average molecular weight is 309 g/mol. The fourth-order valence-electron chi connectivity index (χ4n) is 2.23. The van der Waals surface area contributed by atoms with Gasteiger partial charge in [-0.05, 0) is 43.7 Å². The van der Waals surface area contributed by atoms with Gasteiger partial charge in [-0.2, -0.15) is 5.26 Å². The van der Waals surface area contributed by atoms with Crippen LogP contribution in [0.3, 0.4) is 0 Å². The first-order chi connectivity index (χ1) is 11.0. The summed E-state index contributed by atoms with van der Waals surface area (Å²) < 4.78 is 7.13. The summed E-state index contributed by atoms with van der Waals surface area (Å²) in [5.74, 6) is 0.196. The Bertz CT molecular complexity index is 810. The van der Waals surface area contributed by atoms with E-state index in [1.54, 1.807) is 37.5 Å². The molecule has 5 heteroatoms. The summed E-state index contributed by atoms with van der Waals surface area (Å²) >= 11 is 0. The van der Waals surface area contributed by atoms with Crippen LogP contribution < -0.4 is 10.1 Å². The van der Waals surface area contributed by atoms with Gasteiger partial charge in [0.2, 0.25) is 0 Å². The smallest absolute Gasteiger partial charge is 0.266 e. The molecule has 0 aliphatic carbocycles. The Labute approximate surface area is 135 Å². The lowest BCUT2D eigenvalue weighted by molar-refractivity contribution is -0.112. The topological polar surface area (TPSA) is 67.0 Å². The quantitative estimate of drug-likeness (QED) is 0.696. The number of benzene rings is 1. The van der Waals surface area contributed by atoms with Gasteiger partial charge < -0.3 is 14.6 Å². The minimum atomic E-state index is -0.443. The maximum Gasteiger partial charge on any atom is 0.266 e. The van der Waals surface area contributed by atoms with Crippen LogP contribution >= 0.6 is 0 Å². The molecule has 0 saturated heterocycles. The van der Waals surface area contributed by atoms with E-state index in [-0.39, 0.29) is 5.57 Å². The molecule has 5 nitrogen and oxygen atoms in total. The third-order valence-corrected chi connectivity index (χ3v) is 3.81. The Kier molecular flexibility index (Phi) is 4.87. The Morgan fingerprint density at radius 2 is 2.09 bits per heavy atom. The van der Waals surface area contributed by atoms with Crippen molar-refractivity contribution in [1.82, 2.24) is 4.57 Å². The summed E-state index contributed by atoms with van der Waals surface area (Å²) in [7, 11) is 3.51. The maximum atomic E-state index is 12.3. The van der Waals surface area contributed by atoms with Crippen molar-refractivity contribution < 1.29 is 9.53 Å². The second-order valence-corrected chi connectivity index (χ2v) is 5.24. The monoisotopic (exact) mass is 309 g/mol. The average Bonchev–Trinajstić information content (AvgIpc) is 2.79. The molecule has 1 aromatic carbocycles. The van der Waals surface area contributed by atoms with Crippen molar-refractivity contribution in [3.8, 4) is 11.8 Å². The van der Waals surface area contributed by atoms with E-state index in [4.69, 9.17) is 4.74 Å². The van der Waals surface area contributed by atoms with Gasteiger partial charge in [0, 0.05) is 30.2 Å². The van der Waals surface area contributed by atoms with E-state index in [1.807, 2.05) is 37.6 Å². The van der Waals surface area contributed by atoms with Crippen molar-refractivity contribution in [1.29, 1.82) is 5.26 Å². The highest BCUT2D eigenvalue weighted by Gasteiger charge is 2.12. The van der Waals surface area contributed by atoms with E-state index in [1.165, 1.54) is 0 Å². The minimum absolute atomic E-state index is 0.0570. The first-order valence-electron chi connectivity index (χ1n) is 7.16. The number of carbonyl (C=O) groups is 1. The molecule has 1 heterocycles. The zero-order valence-corrected chi connectivity index (χ0v) is 13.7. The fourth-order valence-corrected chi connectivity index (χ4v) is 2.23. The number of hydrogen-bond donors (Lipinski definition) is 1. The molecule has 0 spiro atoms. The first kappa shape index (κ1) is 16.4. The van der Waals surface area contributed by atoms with Crippen LogP contribution in [0.2, 0.25) is 0 Å². The van der Waals surface area contributed by atoms with Gasteiger partial charge in [-0.15, -0.1) is 0 Å². The number of nitrogens with one attached hydrogen (secondary N) is 1. The molecular formula is C18H19N3O2. The number of hydrogen-bond acceptors (Lipinski definition) is 3. The Balaban J connectivity index is 2.26. The Morgan fingerprint density at radius 3 is 2.65 bits per heavy atom. The lowest BCUT2D eigenvalue weighted by atomic mass is 10.1. The normalized spacial score (nSPS) is 11.0. The number of amides is 1. The van der Waals surface area contributed by atoms with Crippen LogP contribution in [0.1, 0.15) is 17.0 Å². The predicted octanol–water partition coefficient (Wildman–Crippen LogP) is 3.20. The van der Waals surface area contributed by atoms with Gasteiger partial charge in [-0.25, -0.2) is 0 Å². The van der Waals surface area contributed by atoms with E-state index in [0.717, 1.165) is 17.0 Å². The summed E-state index contributed by atoms with van der Waals surface area (Å²) in [5.41, 5.74) is 3.57. The molecule has 0 saturated carbocycles. The number of aryl methyl sites for hydroxylation is 1. The van der Waals surface area contributed by atoms with E-state index in [2.05, 4.69) is 5.32 Å². The molecule has 0 fully saturated rings. The van der Waals surface area contributed by atoms with E-state index in [0.29, 0.717) is 11.4 Å². The van der Waals surface area contributed by atoms with Gasteiger partial charge in [0.1, 0.15) is 17.4 Å². The van der Waals surface area contributed by atoms with Crippen molar-refractivity contribution in [3.05, 3.63) is 52.9 Å². The van der Waals surface area contributed by atoms with Gasteiger partial charge in [-0.1, -0.05) is 6.07 Å². The van der Waals surface area contributed by atoms with Gasteiger partial charge in [0.05, 0.1) is 7.11 Å². The fraction of sp³-hybridized carbons (Fsp3) is 0.222. The summed E-state index contributed by atoms with van der Waals surface area (Å²) in [6.07, 6.45) is 1.61. The first-order valence-corrected chi connectivity index (χ1v) is 7.16. The van der Waals surface area contributed by atoms with Crippen molar-refractivity contribution in [3.63, 3.8) is 0 Å². The van der Waals surface area contributed by atoms with Gasteiger partial charge in [-0.3, -0.25) is 4.79 Å². The molecule has 1 amide bonds. The SMILES string of the molecule is COc1cccc(NC(=O)/C(C#N)=C\c2cc(C)n(C)c2C)c1. The summed E-state index contributed by atoms with van der Waals surface area (Å²) in [4.78, 5) is 12.3. The number of nitrogens with zero attached hydrogens (tertiary/aromatic N) is 2. The molecule has 2 aromatic rings. The van der Waals surface area contributed by atoms with Gasteiger partial charge in [0.25, 0.3) is 5.91 Å². The Morgan fingerprint density at radius 1 is 1.35 bits per heavy atom. The zero-order chi connectivity index (χ0) is 17.0. The molecule has 118 valence electrons. The molecule has 0 aliphatic rings. The molecule has 0 radical (unpaired) electrons. The molecule has 0 unspecified atom stereocenters. The molecule has 0 aliphatic heterocycles. The second kappa shape index (κ2) is 6.84. The largest absolute Gasteiger partial charge is 0.497 e. The van der Waals surface area contributed by atoms with Gasteiger partial charge >= 0.3 is 0 Å². The highest BCUT2D eigenvalue weighted by atomic mass is 16.5. The number of anilines is 1. The molecule has 2 rings (SSSR count). The molecule has 1 aromatic heterocycles. The van der Waals surface area contributed by atoms with Crippen LogP contribution in [0, 0.1) is 25.2 Å². The summed E-state index contributed by atoms with van der Waals surface area (Å²) in [6, 6.07) is 10.9. The molecular weight excluding hydrogens is 290 g/mol. The lowest BCUT2D eigenvalue weighted by Crippen LogP contribution is -2.13. The van der Waals surface area contributed by atoms with E-state index >= 15 is 0 Å². The van der Waals surface area contributed by atoms with Crippen LogP contribution in [-0.4, -0.2) is 17.6 Å². The third kappa shape index (κ3) is 3.61. The number of aromatic nitrogens is 1. The molecule has 0 bridgehead atoms. The van der Waals surface area contributed by atoms with Crippen molar-refractivity contribution in [2.24, 2.45) is 7.05 Å². The maximum absolute atomic E-state index is 12.3. The van der Waals surface area contributed by atoms with Crippen LogP contribution in [0.15, 0.2) is 35.9 Å². The number of rotatable bonds is 4. The molecule has 0 atom stereocenters. The number of ether oxygens (including phenoxy) is 1. The highest BCUT2D eigenvalue weighted by molar-refractivity contribution is 6.09. The lowest BCUT2D eigenvalue weighted by Gasteiger charge is -2.06. The predicted molar refractivity (Wildman–Crippen MR) is 90.1 cm³/mol. The van der Waals surface area contributed by atoms with Crippen molar-refractivity contribution in [2.45, 2.75) is 13.8 Å². The van der Waals surface area contributed by atoms with Crippen molar-refractivity contribution in [2.75, 3.05) is 12.4 Å². The van der Waals surface area contributed by atoms with Crippen LogP contribution in [0.5, 0.6) is 5.75 Å². The minimum Gasteiger partial charge on any atom is -0.497 e. The zero-order valence-electron chi connectivity index (χ0n) is 13.7. The standard InChI is InChI=1S/C18H19N3O2/c1-12-8-14(13(2)21(12)3)9-15(11-19)18(22)20-16-6-5-7-17(10-16)23-4/h5-10H,1-4H3,(H,20,22)/b15-9-. The van der Waals surface area contributed by atoms with Crippen molar-refractivity contribution >= 4 is 17.7 Å². The van der Waals surface area contributed by atoms with Crippen LogP contribution in [0.25, 0.3) is 6.08 Å². The molecule has 1 N–H and O–H groups in total.